The third-order valence-electron chi connectivity index (χ3n) is 2.40. The summed E-state index contributed by atoms with van der Waals surface area (Å²) in [4.78, 5) is 16.1. The third-order valence-corrected chi connectivity index (χ3v) is 3.06. The maximum absolute atomic E-state index is 11.9. The Morgan fingerprint density at radius 2 is 2.39 bits per heavy atom. The number of alkyl halides is 1. The molecule has 0 saturated carbocycles. The van der Waals surface area contributed by atoms with Crippen molar-refractivity contribution >= 4 is 23.2 Å². The third kappa shape index (κ3) is 2.48. The predicted octanol–water partition coefficient (Wildman–Crippen LogP) is 2.57. The molecule has 2 aromatic heterocycles. The topological polar surface area (TPSA) is 43.6 Å². The van der Waals surface area contributed by atoms with Crippen LogP contribution in [0.3, 0.4) is 0 Å². The molecule has 18 heavy (non-hydrogen) atoms. The SMILES string of the molecule is CSc1nc(C(=O)OCCCF)c2ccccn12. The van der Waals surface area contributed by atoms with Crippen LogP contribution in [0, 0.1) is 0 Å². The number of hydrogen-bond acceptors (Lipinski definition) is 4. The number of fused-ring (bicyclic) bond motifs is 1. The van der Waals surface area contributed by atoms with Gasteiger partial charge >= 0.3 is 5.97 Å². The van der Waals surface area contributed by atoms with E-state index in [-0.39, 0.29) is 18.7 Å². The normalized spacial score (nSPS) is 10.8. The lowest BCUT2D eigenvalue weighted by Gasteiger charge is -2.00. The lowest BCUT2D eigenvalue weighted by molar-refractivity contribution is 0.0490. The fourth-order valence-corrected chi connectivity index (χ4v) is 2.13. The number of hydrogen-bond donors (Lipinski definition) is 0. The number of rotatable bonds is 5. The van der Waals surface area contributed by atoms with E-state index < -0.39 is 12.6 Å². The summed E-state index contributed by atoms with van der Waals surface area (Å²) in [5.74, 6) is -0.507. The van der Waals surface area contributed by atoms with Gasteiger partial charge < -0.3 is 4.74 Å². The molecule has 0 bridgehead atoms. The van der Waals surface area contributed by atoms with Crippen LogP contribution in [0.1, 0.15) is 16.9 Å². The molecule has 0 aliphatic rings. The summed E-state index contributed by atoms with van der Waals surface area (Å²) in [5, 5.41) is 0.725. The van der Waals surface area contributed by atoms with E-state index in [1.54, 1.807) is 6.07 Å². The van der Waals surface area contributed by atoms with Crippen molar-refractivity contribution in [2.45, 2.75) is 11.6 Å². The van der Waals surface area contributed by atoms with Gasteiger partial charge in [-0.3, -0.25) is 8.79 Å². The maximum atomic E-state index is 11.9. The quantitative estimate of drug-likeness (QED) is 0.475. The molecule has 4 nitrogen and oxygen atoms in total. The van der Waals surface area contributed by atoms with Crippen LogP contribution in [0.2, 0.25) is 0 Å². The minimum atomic E-state index is -0.507. The molecule has 0 spiro atoms. The molecule has 0 aliphatic heterocycles. The number of nitrogens with zero attached hydrogens (tertiary/aromatic N) is 2. The van der Waals surface area contributed by atoms with Gasteiger partial charge in [0.05, 0.1) is 18.8 Å². The van der Waals surface area contributed by atoms with Gasteiger partial charge in [0.25, 0.3) is 0 Å². The van der Waals surface area contributed by atoms with Gasteiger partial charge in [-0.15, -0.1) is 0 Å². The number of esters is 1. The lowest BCUT2D eigenvalue weighted by atomic mass is 10.3. The monoisotopic (exact) mass is 268 g/mol. The molecule has 6 heteroatoms. The van der Waals surface area contributed by atoms with E-state index in [4.69, 9.17) is 4.74 Å². The molecule has 2 aromatic rings. The second kappa shape index (κ2) is 5.86. The Labute approximate surface area is 108 Å². The van der Waals surface area contributed by atoms with Gasteiger partial charge in [0.15, 0.2) is 10.9 Å². The summed E-state index contributed by atoms with van der Waals surface area (Å²) in [5.41, 5.74) is 0.978. The van der Waals surface area contributed by atoms with Crippen molar-refractivity contribution in [2.24, 2.45) is 0 Å². The summed E-state index contributed by atoms with van der Waals surface area (Å²) in [6, 6.07) is 5.50. The highest BCUT2D eigenvalue weighted by molar-refractivity contribution is 7.98. The van der Waals surface area contributed by atoms with Crippen LogP contribution < -0.4 is 0 Å². The highest BCUT2D eigenvalue weighted by Crippen LogP contribution is 2.20. The van der Waals surface area contributed by atoms with Crippen LogP contribution in [0.4, 0.5) is 4.39 Å². The lowest BCUT2D eigenvalue weighted by Crippen LogP contribution is -2.07. The van der Waals surface area contributed by atoms with Crippen molar-refractivity contribution in [1.82, 2.24) is 9.38 Å². The summed E-state index contributed by atoms with van der Waals surface area (Å²) in [6.45, 7) is -0.414. The zero-order chi connectivity index (χ0) is 13.0. The van der Waals surface area contributed by atoms with Gasteiger partial charge in [-0.1, -0.05) is 17.8 Å². The first-order chi connectivity index (χ1) is 8.77. The Bertz CT molecular complexity index is 556. The largest absolute Gasteiger partial charge is 0.461 e. The highest BCUT2D eigenvalue weighted by Gasteiger charge is 2.17. The molecular weight excluding hydrogens is 255 g/mol. The molecule has 2 rings (SSSR count). The summed E-state index contributed by atoms with van der Waals surface area (Å²) in [6.07, 6.45) is 3.94. The average Bonchev–Trinajstić information content (AvgIpc) is 2.78. The van der Waals surface area contributed by atoms with Crippen molar-refractivity contribution in [3.63, 3.8) is 0 Å². The molecule has 0 amide bonds. The van der Waals surface area contributed by atoms with Crippen LogP contribution in [0.25, 0.3) is 5.52 Å². The van der Waals surface area contributed by atoms with Gasteiger partial charge in [0.2, 0.25) is 0 Å². The fraction of sp³-hybridized carbons (Fsp3) is 0.333. The van der Waals surface area contributed by atoms with Gasteiger partial charge in [0.1, 0.15) is 0 Å². The predicted molar refractivity (Wildman–Crippen MR) is 67.8 cm³/mol. The number of imidazole rings is 1. The minimum absolute atomic E-state index is 0.0792. The zero-order valence-corrected chi connectivity index (χ0v) is 10.7. The van der Waals surface area contributed by atoms with Crippen LogP contribution >= 0.6 is 11.8 Å². The maximum Gasteiger partial charge on any atom is 0.359 e. The molecule has 0 radical (unpaired) electrons. The molecule has 0 fully saturated rings. The number of thioether (sulfide) groups is 1. The molecule has 96 valence electrons. The number of carbonyl (C=O) groups is 1. The Hall–Kier alpha value is -1.56. The first-order valence-electron chi connectivity index (χ1n) is 5.52. The van der Waals surface area contributed by atoms with Crippen molar-refractivity contribution in [2.75, 3.05) is 19.5 Å². The smallest absolute Gasteiger partial charge is 0.359 e. The van der Waals surface area contributed by atoms with E-state index in [1.165, 1.54) is 11.8 Å². The molecule has 0 N–H and O–H groups in total. The van der Waals surface area contributed by atoms with Crippen molar-refractivity contribution in [1.29, 1.82) is 0 Å². The molecule has 0 aromatic carbocycles. The van der Waals surface area contributed by atoms with Crippen LogP contribution in [0.15, 0.2) is 29.6 Å². The standard InChI is InChI=1S/C12H13FN2O2S/c1-18-12-14-10(11(16)17-8-4-6-13)9-5-2-3-7-15(9)12/h2-3,5,7H,4,6,8H2,1H3. The van der Waals surface area contributed by atoms with E-state index in [2.05, 4.69) is 4.98 Å². The van der Waals surface area contributed by atoms with E-state index >= 15 is 0 Å². The number of carbonyl (C=O) groups excluding carboxylic acids is 1. The highest BCUT2D eigenvalue weighted by atomic mass is 32.2. The Morgan fingerprint density at radius 3 is 3.11 bits per heavy atom. The van der Waals surface area contributed by atoms with E-state index in [9.17, 15) is 9.18 Å². The van der Waals surface area contributed by atoms with E-state index in [1.807, 2.05) is 29.0 Å². The molecule has 0 unspecified atom stereocenters. The molecule has 0 atom stereocenters. The zero-order valence-electron chi connectivity index (χ0n) is 9.93. The summed E-state index contributed by atoms with van der Waals surface area (Å²) in [7, 11) is 0. The Balaban J connectivity index is 2.30. The number of ether oxygens (including phenoxy) is 1. The van der Waals surface area contributed by atoms with Crippen LogP contribution in [0.5, 0.6) is 0 Å². The van der Waals surface area contributed by atoms with Crippen LogP contribution in [-0.2, 0) is 4.74 Å². The second-order valence-electron chi connectivity index (χ2n) is 3.58. The van der Waals surface area contributed by atoms with E-state index in [0.717, 1.165) is 5.16 Å². The summed E-state index contributed by atoms with van der Waals surface area (Å²) < 4.78 is 18.7. The molecule has 0 aliphatic carbocycles. The first-order valence-corrected chi connectivity index (χ1v) is 6.74. The second-order valence-corrected chi connectivity index (χ2v) is 4.35. The van der Waals surface area contributed by atoms with Gasteiger partial charge in [-0.2, -0.15) is 0 Å². The Morgan fingerprint density at radius 1 is 1.56 bits per heavy atom. The van der Waals surface area contributed by atoms with Crippen LogP contribution in [-0.4, -0.2) is 34.9 Å². The summed E-state index contributed by atoms with van der Waals surface area (Å²) >= 11 is 1.45. The van der Waals surface area contributed by atoms with Gasteiger partial charge in [-0.05, 0) is 18.4 Å². The van der Waals surface area contributed by atoms with Crippen molar-refractivity contribution < 1.29 is 13.9 Å². The first kappa shape index (κ1) is 12.9. The molecule has 0 saturated heterocycles. The van der Waals surface area contributed by atoms with E-state index in [0.29, 0.717) is 5.52 Å². The fourth-order valence-electron chi connectivity index (χ4n) is 1.59. The number of aromatic nitrogens is 2. The van der Waals surface area contributed by atoms with Gasteiger partial charge in [0, 0.05) is 12.6 Å². The number of halogens is 1. The molecule has 2 heterocycles. The molecular formula is C12H13FN2O2S. The minimum Gasteiger partial charge on any atom is -0.461 e. The van der Waals surface area contributed by atoms with Crippen molar-refractivity contribution in [3.8, 4) is 0 Å². The van der Waals surface area contributed by atoms with Gasteiger partial charge in [-0.25, -0.2) is 9.78 Å². The Kier molecular flexibility index (Phi) is 4.19. The number of pyridine rings is 1. The van der Waals surface area contributed by atoms with Crippen molar-refractivity contribution in [3.05, 3.63) is 30.1 Å². The average molecular weight is 268 g/mol.